The van der Waals surface area contributed by atoms with Crippen molar-refractivity contribution in [3.8, 4) is 0 Å². The van der Waals surface area contributed by atoms with Crippen molar-refractivity contribution < 1.29 is 19.1 Å². The van der Waals surface area contributed by atoms with Crippen LogP contribution >= 0.6 is 0 Å². The molecule has 2 atom stereocenters. The van der Waals surface area contributed by atoms with Gasteiger partial charge in [-0.1, -0.05) is 0 Å². The SMILES string of the molecule is CCOC(=O)NCC(=O)N1C[C@@H](C)O[C@H](C)C1. The van der Waals surface area contributed by atoms with Crippen LogP contribution in [0.2, 0.25) is 0 Å². The van der Waals surface area contributed by atoms with Crippen molar-refractivity contribution in [2.45, 2.75) is 33.0 Å². The molecule has 1 rings (SSSR count). The second-order valence-corrected chi connectivity index (χ2v) is 4.13. The number of nitrogens with one attached hydrogen (secondary N) is 1. The number of ether oxygens (including phenoxy) is 2. The number of hydrogen-bond donors (Lipinski definition) is 1. The number of amides is 2. The fourth-order valence-corrected chi connectivity index (χ4v) is 1.82. The van der Waals surface area contributed by atoms with Crippen molar-refractivity contribution in [1.82, 2.24) is 10.2 Å². The summed E-state index contributed by atoms with van der Waals surface area (Å²) in [6, 6.07) is 0. The molecule has 0 aromatic heterocycles. The summed E-state index contributed by atoms with van der Waals surface area (Å²) in [5, 5.41) is 2.42. The number of morpholine rings is 1. The Morgan fingerprint density at radius 1 is 1.35 bits per heavy atom. The molecule has 0 aliphatic carbocycles. The molecule has 1 N–H and O–H groups in total. The summed E-state index contributed by atoms with van der Waals surface area (Å²) in [5.74, 6) is -0.111. The van der Waals surface area contributed by atoms with Crippen molar-refractivity contribution in [1.29, 1.82) is 0 Å². The van der Waals surface area contributed by atoms with E-state index in [4.69, 9.17) is 4.74 Å². The van der Waals surface area contributed by atoms with E-state index in [0.717, 1.165) is 0 Å². The summed E-state index contributed by atoms with van der Waals surface area (Å²) in [7, 11) is 0. The summed E-state index contributed by atoms with van der Waals surface area (Å²) in [6.07, 6.45) is -0.495. The molecule has 0 spiro atoms. The monoisotopic (exact) mass is 244 g/mol. The smallest absolute Gasteiger partial charge is 0.407 e. The molecule has 1 fully saturated rings. The molecule has 0 aromatic rings. The predicted molar refractivity (Wildman–Crippen MR) is 61.6 cm³/mol. The van der Waals surface area contributed by atoms with Gasteiger partial charge >= 0.3 is 6.09 Å². The average molecular weight is 244 g/mol. The number of hydrogen-bond acceptors (Lipinski definition) is 4. The van der Waals surface area contributed by atoms with E-state index in [0.29, 0.717) is 19.7 Å². The molecule has 1 saturated heterocycles. The first-order valence-corrected chi connectivity index (χ1v) is 5.86. The maximum absolute atomic E-state index is 11.8. The number of carbonyl (C=O) groups is 2. The van der Waals surface area contributed by atoms with Crippen LogP contribution in [0.5, 0.6) is 0 Å². The van der Waals surface area contributed by atoms with Crippen molar-refractivity contribution in [2.24, 2.45) is 0 Å². The molecule has 2 amide bonds. The van der Waals surface area contributed by atoms with Crippen molar-refractivity contribution in [3.05, 3.63) is 0 Å². The fraction of sp³-hybridized carbons (Fsp3) is 0.818. The molecule has 17 heavy (non-hydrogen) atoms. The Bertz CT molecular complexity index is 273. The second kappa shape index (κ2) is 6.44. The van der Waals surface area contributed by atoms with Crippen LogP contribution in [0.3, 0.4) is 0 Å². The van der Waals surface area contributed by atoms with Gasteiger partial charge in [0.15, 0.2) is 0 Å². The highest BCUT2D eigenvalue weighted by molar-refractivity contribution is 5.82. The number of alkyl carbamates (subject to hydrolysis) is 1. The lowest BCUT2D eigenvalue weighted by Crippen LogP contribution is -2.51. The first kappa shape index (κ1) is 13.8. The Kier molecular flexibility index (Phi) is 5.21. The van der Waals surface area contributed by atoms with E-state index in [1.165, 1.54) is 0 Å². The summed E-state index contributed by atoms with van der Waals surface area (Å²) in [6.45, 7) is 6.96. The molecule has 0 bridgehead atoms. The minimum absolute atomic E-state index is 0.0295. The third kappa shape index (κ3) is 4.60. The normalized spacial score (nSPS) is 24.3. The molecule has 6 heteroatoms. The summed E-state index contributed by atoms with van der Waals surface area (Å²) < 4.78 is 10.2. The predicted octanol–water partition coefficient (Wildman–Crippen LogP) is 0.368. The highest BCUT2D eigenvalue weighted by atomic mass is 16.5. The molecule has 98 valence electrons. The van der Waals surface area contributed by atoms with E-state index in [1.54, 1.807) is 11.8 Å². The lowest BCUT2D eigenvalue weighted by Gasteiger charge is -2.35. The zero-order chi connectivity index (χ0) is 12.8. The van der Waals surface area contributed by atoms with Crippen LogP contribution in [0.25, 0.3) is 0 Å². The summed E-state index contributed by atoms with van der Waals surface area (Å²) in [4.78, 5) is 24.5. The van der Waals surface area contributed by atoms with Crippen molar-refractivity contribution >= 4 is 12.0 Å². The van der Waals surface area contributed by atoms with Crippen LogP contribution in [0.15, 0.2) is 0 Å². The molecule has 0 unspecified atom stereocenters. The van der Waals surface area contributed by atoms with E-state index >= 15 is 0 Å². The van der Waals surface area contributed by atoms with Gasteiger partial charge in [0.1, 0.15) is 6.54 Å². The van der Waals surface area contributed by atoms with E-state index < -0.39 is 6.09 Å². The lowest BCUT2D eigenvalue weighted by molar-refractivity contribution is -0.142. The molecule has 0 radical (unpaired) electrons. The van der Waals surface area contributed by atoms with Crippen LogP contribution in [0.1, 0.15) is 20.8 Å². The largest absolute Gasteiger partial charge is 0.450 e. The second-order valence-electron chi connectivity index (χ2n) is 4.13. The molecule has 0 saturated carbocycles. The van der Waals surface area contributed by atoms with Crippen LogP contribution < -0.4 is 5.32 Å². The molecule has 1 aliphatic heterocycles. The maximum atomic E-state index is 11.8. The lowest BCUT2D eigenvalue weighted by atomic mass is 10.2. The molecular weight excluding hydrogens is 224 g/mol. The van der Waals surface area contributed by atoms with Gasteiger partial charge in [-0.25, -0.2) is 4.79 Å². The summed E-state index contributed by atoms with van der Waals surface area (Å²) >= 11 is 0. The van der Waals surface area contributed by atoms with Crippen LogP contribution in [-0.2, 0) is 14.3 Å². The first-order valence-electron chi connectivity index (χ1n) is 5.86. The van der Waals surface area contributed by atoms with E-state index in [2.05, 4.69) is 10.1 Å². The van der Waals surface area contributed by atoms with E-state index in [1.807, 2.05) is 13.8 Å². The van der Waals surface area contributed by atoms with Crippen molar-refractivity contribution in [2.75, 3.05) is 26.2 Å². The quantitative estimate of drug-likeness (QED) is 0.778. The van der Waals surface area contributed by atoms with Gasteiger partial charge in [-0.05, 0) is 20.8 Å². The highest BCUT2D eigenvalue weighted by Crippen LogP contribution is 2.10. The minimum atomic E-state index is -0.560. The zero-order valence-corrected chi connectivity index (χ0v) is 10.6. The Hall–Kier alpha value is -1.30. The Morgan fingerprint density at radius 2 is 1.94 bits per heavy atom. The number of nitrogens with zero attached hydrogens (tertiary/aromatic N) is 1. The van der Waals surface area contributed by atoms with Gasteiger partial charge in [0.25, 0.3) is 0 Å². The third-order valence-corrected chi connectivity index (χ3v) is 2.43. The molecule has 0 aromatic carbocycles. The third-order valence-electron chi connectivity index (χ3n) is 2.43. The minimum Gasteiger partial charge on any atom is -0.450 e. The molecule has 6 nitrogen and oxygen atoms in total. The number of rotatable bonds is 3. The van der Waals surface area contributed by atoms with Gasteiger partial charge < -0.3 is 19.7 Å². The van der Waals surface area contributed by atoms with Gasteiger partial charge in [0.2, 0.25) is 5.91 Å². The highest BCUT2D eigenvalue weighted by Gasteiger charge is 2.25. The van der Waals surface area contributed by atoms with Crippen LogP contribution in [-0.4, -0.2) is 55.3 Å². The fourth-order valence-electron chi connectivity index (χ4n) is 1.82. The molecule has 1 heterocycles. The van der Waals surface area contributed by atoms with E-state index in [9.17, 15) is 9.59 Å². The Labute approximate surface area is 101 Å². The summed E-state index contributed by atoms with van der Waals surface area (Å²) in [5.41, 5.74) is 0. The Morgan fingerprint density at radius 3 is 2.47 bits per heavy atom. The topological polar surface area (TPSA) is 67.9 Å². The molecular formula is C11H20N2O4. The van der Waals surface area contributed by atoms with Gasteiger partial charge in [0.05, 0.1) is 18.8 Å². The van der Waals surface area contributed by atoms with Gasteiger partial charge in [-0.15, -0.1) is 0 Å². The average Bonchev–Trinajstić information content (AvgIpc) is 2.25. The first-order chi connectivity index (χ1) is 8.02. The van der Waals surface area contributed by atoms with Crippen molar-refractivity contribution in [3.63, 3.8) is 0 Å². The van der Waals surface area contributed by atoms with E-state index in [-0.39, 0.29) is 24.7 Å². The van der Waals surface area contributed by atoms with Crippen LogP contribution in [0.4, 0.5) is 4.79 Å². The van der Waals surface area contributed by atoms with Crippen LogP contribution in [0, 0.1) is 0 Å². The Balaban J connectivity index is 2.34. The number of carbonyl (C=O) groups excluding carboxylic acids is 2. The zero-order valence-electron chi connectivity index (χ0n) is 10.6. The van der Waals surface area contributed by atoms with Gasteiger partial charge in [0, 0.05) is 13.1 Å². The van der Waals surface area contributed by atoms with Gasteiger partial charge in [-0.3, -0.25) is 4.79 Å². The van der Waals surface area contributed by atoms with Gasteiger partial charge in [-0.2, -0.15) is 0 Å². The maximum Gasteiger partial charge on any atom is 0.407 e. The standard InChI is InChI=1S/C11H20N2O4/c1-4-16-11(15)12-5-10(14)13-6-8(2)17-9(3)7-13/h8-9H,4-7H2,1-3H3,(H,12,15)/t8-,9-/m1/s1. The molecule has 1 aliphatic rings.